The van der Waals surface area contributed by atoms with Gasteiger partial charge in [-0.3, -0.25) is 19.6 Å². The molecule has 0 fully saturated rings. The van der Waals surface area contributed by atoms with Crippen LogP contribution in [0, 0.1) is 29.8 Å². The molecule has 3 aromatic rings. The summed E-state index contributed by atoms with van der Waals surface area (Å²) in [6, 6.07) is 6.73. The van der Waals surface area contributed by atoms with Gasteiger partial charge in [-0.05, 0) is 43.7 Å². The molecule has 2 heterocycles. The Morgan fingerprint density at radius 2 is 2.14 bits per heavy atom. The zero-order valence-corrected chi connectivity index (χ0v) is 16.2. The van der Waals surface area contributed by atoms with Crippen molar-refractivity contribution in [3.05, 3.63) is 80.1 Å². The molecule has 0 aliphatic rings. The molecule has 2 aromatic heterocycles. The molecule has 0 bridgehead atoms. The molecule has 150 valence electrons. The van der Waals surface area contributed by atoms with Crippen LogP contribution in [0.1, 0.15) is 22.7 Å². The van der Waals surface area contributed by atoms with Crippen molar-refractivity contribution in [1.82, 2.24) is 9.78 Å². The van der Waals surface area contributed by atoms with E-state index in [1.54, 1.807) is 24.6 Å². The lowest BCUT2D eigenvalue weighted by atomic mass is 10.2. The third kappa shape index (κ3) is 4.69. The Morgan fingerprint density at radius 3 is 2.79 bits per heavy atom. The van der Waals surface area contributed by atoms with Gasteiger partial charge in [0.05, 0.1) is 29.7 Å². The van der Waals surface area contributed by atoms with Crippen LogP contribution in [-0.2, 0) is 11.3 Å². The Balaban J connectivity index is 1.73. The number of amides is 1. The number of anilines is 1. The van der Waals surface area contributed by atoms with Crippen LogP contribution in [-0.4, -0.2) is 20.6 Å². The molecule has 0 atom stereocenters. The number of rotatable bonds is 6. The van der Waals surface area contributed by atoms with Crippen LogP contribution in [0.2, 0.25) is 5.02 Å². The van der Waals surface area contributed by atoms with E-state index in [1.807, 2.05) is 0 Å². The summed E-state index contributed by atoms with van der Waals surface area (Å²) in [7, 11) is 0. The molecule has 0 unspecified atom stereocenters. The predicted octanol–water partition coefficient (Wildman–Crippen LogP) is 4.49. The maximum atomic E-state index is 13.2. The molecule has 0 saturated heterocycles. The normalized spacial score (nSPS) is 11.2. The first-order chi connectivity index (χ1) is 13.7. The van der Waals surface area contributed by atoms with Crippen LogP contribution >= 0.6 is 11.6 Å². The van der Waals surface area contributed by atoms with Crippen molar-refractivity contribution in [2.45, 2.75) is 20.4 Å². The summed E-state index contributed by atoms with van der Waals surface area (Å²) >= 11 is 6.07. The van der Waals surface area contributed by atoms with Crippen LogP contribution in [0.3, 0.4) is 0 Å². The van der Waals surface area contributed by atoms with Crippen molar-refractivity contribution >= 4 is 35.2 Å². The molecule has 0 saturated carbocycles. The van der Waals surface area contributed by atoms with Gasteiger partial charge < -0.3 is 9.73 Å². The Bertz CT molecular complexity index is 1120. The van der Waals surface area contributed by atoms with Crippen molar-refractivity contribution in [3.8, 4) is 0 Å². The summed E-state index contributed by atoms with van der Waals surface area (Å²) < 4.78 is 19.8. The number of halogens is 2. The van der Waals surface area contributed by atoms with Gasteiger partial charge in [0.1, 0.15) is 16.5 Å². The van der Waals surface area contributed by atoms with Crippen LogP contribution in [0.15, 0.2) is 40.8 Å². The van der Waals surface area contributed by atoms with Crippen molar-refractivity contribution in [1.29, 1.82) is 0 Å². The van der Waals surface area contributed by atoms with Crippen molar-refractivity contribution in [3.63, 3.8) is 0 Å². The first kappa shape index (κ1) is 20.3. The highest BCUT2D eigenvalue weighted by Crippen LogP contribution is 2.24. The minimum absolute atomic E-state index is 0.182. The summed E-state index contributed by atoms with van der Waals surface area (Å²) in [6.45, 7) is 3.84. The van der Waals surface area contributed by atoms with Crippen molar-refractivity contribution in [2.75, 3.05) is 5.32 Å². The molecular weight excluding hydrogens is 403 g/mol. The highest BCUT2D eigenvalue weighted by molar-refractivity contribution is 6.31. The molecule has 0 spiro atoms. The minimum atomic E-state index is -0.661. The summed E-state index contributed by atoms with van der Waals surface area (Å²) in [6.07, 6.45) is 2.53. The molecular formula is C19H16ClFN4O4. The minimum Gasteiger partial charge on any atom is -0.401 e. The first-order valence-corrected chi connectivity index (χ1v) is 8.83. The second-order valence-corrected chi connectivity index (χ2v) is 6.60. The Labute approximate surface area is 169 Å². The lowest BCUT2D eigenvalue weighted by molar-refractivity contribution is -0.402. The fraction of sp³-hybridized carbons (Fsp3) is 0.158. The van der Waals surface area contributed by atoms with E-state index in [-0.39, 0.29) is 5.76 Å². The maximum Gasteiger partial charge on any atom is 0.433 e. The SMILES string of the molecule is Cc1nn(Cc2ccc(F)cc2Cl)c(C)c1NC(=O)/C=C/c1ccc([N+](=O)[O-])o1. The van der Waals surface area contributed by atoms with Crippen LogP contribution in [0.5, 0.6) is 0 Å². The Morgan fingerprint density at radius 1 is 1.38 bits per heavy atom. The van der Waals surface area contributed by atoms with Crippen LogP contribution < -0.4 is 5.32 Å². The smallest absolute Gasteiger partial charge is 0.401 e. The molecule has 0 aliphatic carbocycles. The van der Waals surface area contributed by atoms with Gasteiger partial charge in [0.2, 0.25) is 5.91 Å². The topological polar surface area (TPSA) is 103 Å². The second kappa shape index (κ2) is 8.27. The zero-order valence-electron chi connectivity index (χ0n) is 15.5. The molecule has 10 heteroatoms. The van der Waals surface area contributed by atoms with Gasteiger partial charge in [-0.2, -0.15) is 5.10 Å². The van der Waals surface area contributed by atoms with Crippen molar-refractivity contribution < 1.29 is 18.5 Å². The van der Waals surface area contributed by atoms with E-state index in [0.29, 0.717) is 34.2 Å². The van der Waals surface area contributed by atoms with Gasteiger partial charge in [-0.15, -0.1) is 0 Å². The number of carbonyl (C=O) groups is 1. The van der Waals surface area contributed by atoms with Gasteiger partial charge in [0.25, 0.3) is 0 Å². The van der Waals surface area contributed by atoms with E-state index in [2.05, 4.69) is 10.4 Å². The van der Waals surface area contributed by atoms with Gasteiger partial charge in [-0.1, -0.05) is 17.7 Å². The largest absolute Gasteiger partial charge is 0.433 e. The van der Waals surface area contributed by atoms with E-state index < -0.39 is 22.5 Å². The van der Waals surface area contributed by atoms with Gasteiger partial charge in [-0.25, -0.2) is 4.39 Å². The number of aromatic nitrogens is 2. The number of benzene rings is 1. The van der Waals surface area contributed by atoms with Gasteiger partial charge >= 0.3 is 5.88 Å². The third-order valence-electron chi connectivity index (χ3n) is 4.16. The number of nitrogens with zero attached hydrogens (tertiary/aromatic N) is 3. The number of carbonyl (C=O) groups excluding carboxylic acids is 1. The monoisotopic (exact) mass is 418 g/mol. The highest BCUT2D eigenvalue weighted by Gasteiger charge is 2.15. The summed E-state index contributed by atoms with van der Waals surface area (Å²) in [5.41, 5.74) is 2.51. The fourth-order valence-electron chi connectivity index (χ4n) is 2.70. The lowest BCUT2D eigenvalue weighted by Gasteiger charge is -2.08. The molecule has 1 aromatic carbocycles. The van der Waals surface area contributed by atoms with Crippen molar-refractivity contribution in [2.24, 2.45) is 0 Å². The molecule has 1 amide bonds. The fourth-order valence-corrected chi connectivity index (χ4v) is 2.92. The average Bonchev–Trinajstić information content (AvgIpc) is 3.23. The molecule has 0 aliphatic heterocycles. The van der Waals surface area contributed by atoms with E-state index >= 15 is 0 Å². The predicted molar refractivity (Wildman–Crippen MR) is 105 cm³/mol. The van der Waals surface area contributed by atoms with E-state index in [0.717, 1.165) is 0 Å². The number of hydrogen-bond acceptors (Lipinski definition) is 5. The Kier molecular flexibility index (Phi) is 5.79. The molecule has 8 nitrogen and oxygen atoms in total. The maximum absolute atomic E-state index is 13.2. The van der Waals surface area contributed by atoms with Crippen LogP contribution in [0.4, 0.5) is 16.0 Å². The quantitative estimate of drug-likeness (QED) is 0.361. The molecule has 29 heavy (non-hydrogen) atoms. The summed E-state index contributed by atoms with van der Waals surface area (Å²) in [5.74, 6) is -1.09. The molecule has 1 N–H and O–H groups in total. The van der Waals surface area contributed by atoms with E-state index in [4.69, 9.17) is 16.0 Å². The number of aryl methyl sites for hydroxylation is 1. The zero-order chi connectivity index (χ0) is 21.1. The second-order valence-electron chi connectivity index (χ2n) is 6.19. The summed E-state index contributed by atoms with van der Waals surface area (Å²) in [4.78, 5) is 22.2. The third-order valence-corrected chi connectivity index (χ3v) is 4.51. The van der Waals surface area contributed by atoms with Gasteiger partial charge in [0.15, 0.2) is 0 Å². The number of nitrogens with one attached hydrogen (secondary N) is 1. The van der Waals surface area contributed by atoms with Gasteiger partial charge in [0, 0.05) is 11.1 Å². The highest BCUT2D eigenvalue weighted by atomic mass is 35.5. The number of furan rings is 1. The lowest BCUT2D eigenvalue weighted by Crippen LogP contribution is -2.10. The molecule has 3 rings (SSSR count). The molecule has 0 radical (unpaired) electrons. The van der Waals surface area contributed by atoms with E-state index in [1.165, 1.54) is 36.4 Å². The Hall–Kier alpha value is -3.46. The summed E-state index contributed by atoms with van der Waals surface area (Å²) in [5, 5.41) is 18.0. The average molecular weight is 419 g/mol. The standard InChI is InChI=1S/C19H16ClFN4O4/c1-11-19(22-17(26)7-5-15-6-8-18(29-15)25(27)28)12(2)24(23-11)10-13-3-4-14(21)9-16(13)20/h3-9H,10H2,1-2H3,(H,22,26)/b7-5+. The first-order valence-electron chi connectivity index (χ1n) is 8.46. The van der Waals surface area contributed by atoms with E-state index in [9.17, 15) is 19.3 Å². The number of hydrogen-bond donors (Lipinski definition) is 1. The van der Waals surface area contributed by atoms with Crippen LogP contribution in [0.25, 0.3) is 6.08 Å². The number of nitro groups is 1.